The minimum atomic E-state index is 0.429. The maximum Gasteiger partial charge on any atom is 0.121 e. The van der Waals surface area contributed by atoms with Gasteiger partial charge in [0, 0.05) is 23.0 Å². The first kappa shape index (κ1) is 10.8. The number of aromatic nitrogens is 1. The quantitative estimate of drug-likeness (QED) is 0.888. The molecule has 3 nitrogen and oxygen atoms in total. The van der Waals surface area contributed by atoms with Crippen LogP contribution in [0.15, 0.2) is 42.7 Å². The second-order valence-electron chi connectivity index (χ2n) is 3.37. The molecule has 0 fully saturated rings. The molecule has 0 unspecified atom stereocenters. The van der Waals surface area contributed by atoms with Crippen molar-refractivity contribution in [3.8, 4) is 5.75 Å². The number of anilines is 1. The maximum absolute atomic E-state index is 5.84. The average Bonchev–Trinajstić information content (AvgIpc) is 2.27. The fraction of sp³-hybridized carbons (Fsp3) is 0.0833. The van der Waals surface area contributed by atoms with E-state index in [1.807, 2.05) is 18.2 Å². The Kier molecular flexibility index (Phi) is 3.27. The van der Waals surface area contributed by atoms with Crippen LogP contribution in [0.1, 0.15) is 5.56 Å². The molecule has 0 atom stereocenters. The highest BCUT2D eigenvalue weighted by molar-refractivity contribution is 6.30. The van der Waals surface area contributed by atoms with Crippen molar-refractivity contribution in [1.82, 2.24) is 4.98 Å². The lowest BCUT2D eigenvalue weighted by Gasteiger charge is -2.06. The maximum atomic E-state index is 5.84. The number of nitrogen functional groups attached to an aromatic ring is 1. The smallest absolute Gasteiger partial charge is 0.121 e. The van der Waals surface area contributed by atoms with Gasteiger partial charge in [0.25, 0.3) is 0 Å². The zero-order chi connectivity index (χ0) is 11.4. The highest BCUT2D eigenvalue weighted by Crippen LogP contribution is 2.18. The molecule has 0 spiro atoms. The van der Waals surface area contributed by atoms with Crippen LogP contribution < -0.4 is 10.5 Å². The molecule has 16 heavy (non-hydrogen) atoms. The van der Waals surface area contributed by atoms with Crippen LogP contribution in [0.4, 0.5) is 5.69 Å². The molecule has 0 radical (unpaired) electrons. The van der Waals surface area contributed by atoms with Gasteiger partial charge in [-0.25, -0.2) is 0 Å². The third-order valence-corrected chi connectivity index (χ3v) is 2.25. The van der Waals surface area contributed by atoms with Crippen LogP contribution in [0.5, 0.6) is 5.75 Å². The lowest BCUT2D eigenvalue weighted by molar-refractivity contribution is 0.306. The first-order valence-electron chi connectivity index (χ1n) is 4.82. The molecule has 1 aromatic carbocycles. The fourth-order valence-electron chi connectivity index (χ4n) is 1.31. The van der Waals surface area contributed by atoms with Gasteiger partial charge in [-0.1, -0.05) is 17.7 Å². The van der Waals surface area contributed by atoms with Crippen LogP contribution in [-0.4, -0.2) is 4.98 Å². The number of rotatable bonds is 3. The van der Waals surface area contributed by atoms with Gasteiger partial charge in [-0.15, -0.1) is 0 Å². The first-order chi connectivity index (χ1) is 7.74. The summed E-state index contributed by atoms with van der Waals surface area (Å²) < 4.78 is 5.55. The van der Waals surface area contributed by atoms with Crippen molar-refractivity contribution in [2.24, 2.45) is 0 Å². The van der Waals surface area contributed by atoms with Crippen LogP contribution in [0.2, 0.25) is 5.02 Å². The van der Waals surface area contributed by atoms with Gasteiger partial charge >= 0.3 is 0 Å². The summed E-state index contributed by atoms with van der Waals surface area (Å²) in [5.74, 6) is 0.731. The molecule has 0 aliphatic carbocycles. The summed E-state index contributed by atoms with van der Waals surface area (Å²) in [6.45, 7) is 0.429. The molecule has 0 saturated heterocycles. The number of pyridine rings is 1. The van der Waals surface area contributed by atoms with Gasteiger partial charge in [0.15, 0.2) is 0 Å². The lowest BCUT2D eigenvalue weighted by atomic mass is 10.3. The zero-order valence-electron chi connectivity index (χ0n) is 8.56. The van der Waals surface area contributed by atoms with Crippen molar-refractivity contribution in [2.75, 3.05) is 5.73 Å². The minimum Gasteiger partial charge on any atom is -0.489 e. The predicted octanol–water partition coefficient (Wildman–Crippen LogP) is 2.90. The fourth-order valence-corrected chi connectivity index (χ4v) is 1.49. The van der Waals surface area contributed by atoms with Crippen molar-refractivity contribution in [2.45, 2.75) is 6.61 Å². The van der Waals surface area contributed by atoms with Crippen LogP contribution in [0.25, 0.3) is 0 Å². The van der Waals surface area contributed by atoms with Crippen molar-refractivity contribution < 1.29 is 4.74 Å². The number of ether oxygens (including phenoxy) is 1. The summed E-state index contributed by atoms with van der Waals surface area (Å²) in [6.07, 6.45) is 3.32. The molecular weight excluding hydrogens is 224 g/mol. The summed E-state index contributed by atoms with van der Waals surface area (Å²) in [5.41, 5.74) is 7.17. The van der Waals surface area contributed by atoms with Crippen molar-refractivity contribution in [3.63, 3.8) is 0 Å². The zero-order valence-corrected chi connectivity index (χ0v) is 9.32. The summed E-state index contributed by atoms with van der Waals surface area (Å²) in [7, 11) is 0. The van der Waals surface area contributed by atoms with Crippen molar-refractivity contribution >= 4 is 17.3 Å². The van der Waals surface area contributed by atoms with E-state index in [2.05, 4.69) is 4.98 Å². The van der Waals surface area contributed by atoms with Gasteiger partial charge < -0.3 is 10.5 Å². The van der Waals surface area contributed by atoms with Gasteiger partial charge in [0.1, 0.15) is 12.4 Å². The Morgan fingerprint density at radius 3 is 2.88 bits per heavy atom. The van der Waals surface area contributed by atoms with E-state index in [4.69, 9.17) is 22.1 Å². The highest BCUT2D eigenvalue weighted by atomic mass is 35.5. The summed E-state index contributed by atoms with van der Waals surface area (Å²) in [5, 5.41) is 0.656. The van der Waals surface area contributed by atoms with Crippen molar-refractivity contribution in [1.29, 1.82) is 0 Å². The summed E-state index contributed by atoms with van der Waals surface area (Å²) >= 11 is 5.84. The van der Waals surface area contributed by atoms with Gasteiger partial charge in [-0.3, -0.25) is 4.98 Å². The Balaban J connectivity index is 2.02. The van der Waals surface area contributed by atoms with E-state index in [1.165, 1.54) is 0 Å². The molecule has 0 aliphatic rings. The molecule has 0 aliphatic heterocycles. The predicted molar refractivity (Wildman–Crippen MR) is 64.4 cm³/mol. The van der Waals surface area contributed by atoms with Crippen LogP contribution in [0, 0.1) is 0 Å². The number of nitrogens with zero attached hydrogens (tertiary/aromatic N) is 1. The molecule has 1 aromatic heterocycles. The van der Waals surface area contributed by atoms with E-state index >= 15 is 0 Å². The monoisotopic (exact) mass is 234 g/mol. The van der Waals surface area contributed by atoms with E-state index in [1.54, 1.807) is 24.5 Å². The molecular formula is C12H11ClN2O. The minimum absolute atomic E-state index is 0.429. The molecule has 0 bridgehead atoms. The normalized spacial score (nSPS) is 10.1. The third-order valence-electron chi connectivity index (χ3n) is 2.02. The van der Waals surface area contributed by atoms with Gasteiger partial charge in [0.2, 0.25) is 0 Å². The molecule has 4 heteroatoms. The van der Waals surface area contributed by atoms with E-state index in [0.717, 1.165) is 11.3 Å². The van der Waals surface area contributed by atoms with E-state index in [-0.39, 0.29) is 0 Å². The molecule has 1 heterocycles. The SMILES string of the molecule is Nc1cncc(COc2cccc(Cl)c2)c1. The second kappa shape index (κ2) is 4.86. The van der Waals surface area contributed by atoms with Crippen LogP contribution in [0.3, 0.4) is 0 Å². The van der Waals surface area contributed by atoms with E-state index in [0.29, 0.717) is 17.3 Å². The Hall–Kier alpha value is -1.74. The molecule has 2 aromatic rings. The highest BCUT2D eigenvalue weighted by Gasteiger charge is 1.97. The van der Waals surface area contributed by atoms with Crippen molar-refractivity contribution in [3.05, 3.63) is 53.3 Å². The number of benzene rings is 1. The van der Waals surface area contributed by atoms with E-state index < -0.39 is 0 Å². The molecule has 0 amide bonds. The standard InChI is InChI=1S/C12H11ClN2O/c13-10-2-1-3-12(5-10)16-8-9-4-11(14)7-15-6-9/h1-7H,8,14H2. The Morgan fingerprint density at radius 1 is 1.25 bits per heavy atom. The van der Waals surface area contributed by atoms with Crippen LogP contribution in [-0.2, 0) is 6.61 Å². The summed E-state index contributed by atoms with van der Waals surface area (Å²) in [4.78, 5) is 3.98. The average molecular weight is 235 g/mol. The Bertz CT molecular complexity index is 442. The number of hydrogen-bond donors (Lipinski definition) is 1. The second-order valence-corrected chi connectivity index (χ2v) is 3.81. The Labute approximate surface area is 98.8 Å². The van der Waals surface area contributed by atoms with Gasteiger partial charge in [-0.2, -0.15) is 0 Å². The number of nitrogens with two attached hydrogens (primary N) is 1. The topological polar surface area (TPSA) is 48.1 Å². The Morgan fingerprint density at radius 2 is 2.12 bits per heavy atom. The molecule has 82 valence electrons. The first-order valence-corrected chi connectivity index (χ1v) is 5.19. The number of halogens is 1. The van der Waals surface area contributed by atoms with Gasteiger partial charge in [-0.05, 0) is 24.3 Å². The third kappa shape index (κ3) is 2.87. The molecule has 2 rings (SSSR count). The largest absolute Gasteiger partial charge is 0.489 e. The number of hydrogen-bond acceptors (Lipinski definition) is 3. The molecule has 0 saturated carbocycles. The lowest BCUT2D eigenvalue weighted by Crippen LogP contribution is -1.97. The van der Waals surface area contributed by atoms with Crippen LogP contribution >= 0.6 is 11.6 Å². The molecule has 2 N–H and O–H groups in total. The van der Waals surface area contributed by atoms with Gasteiger partial charge in [0.05, 0.1) is 5.69 Å². The summed E-state index contributed by atoms with van der Waals surface area (Å²) in [6, 6.07) is 9.09. The van der Waals surface area contributed by atoms with E-state index in [9.17, 15) is 0 Å².